The molecule has 0 spiro atoms. The smallest absolute Gasteiger partial charge is 0.316 e. The Bertz CT molecular complexity index is 884. The standard InChI is InChI=1S/C24H33NO6/c1-7-8-17(26)20-16(14-24(2,3)21(22(20)27)23(28)31-6)25-12-11-15-9-10-18(29-4)19(13-15)30-5/h9-10,13,21,27H,7-8,11-12,14H2,1-6H3/t21-/m1/s1. The van der Waals surface area contributed by atoms with Crippen LogP contribution in [-0.4, -0.2) is 50.4 Å². The summed E-state index contributed by atoms with van der Waals surface area (Å²) in [5, 5.41) is 10.9. The molecule has 0 fully saturated rings. The number of Topliss-reactive ketones (excluding diaryl/α,β-unsaturated/α-hetero) is 1. The second kappa shape index (κ2) is 10.5. The Balaban J connectivity index is 2.36. The van der Waals surface area contributed by atoms with Crippen LogP contribution >= 0.6 is 0 Å². The van der Waals surface area contributed by atoms with E-state index >= 15 is 0 Å². The Morgan fingerprint density at radius 3 is 2.42 bits per heavy atom. The molecule has 170 valence electrons. The van der Waals surface area contributed by atoms with Crippen molar-refractivity contribution in [1.29, 1.82) is 0 Å². The summed E-state index contributed by atoms with van der Waals surface area (Å²) < 4.78 is 15.5. The van der Waals surface area contributed by atoms with Gasteiger partial charge in [0.15, 0.2) is 17.3 Å². The normalized spacial score (nSPS) is 19.3. The molecule has 1 N–H and O–H groups in total. The third-order valence-electron chi connectivity index (χ3n) is 5.57. The minimum atomic E-state index is -0.891. The minimum absolute atomic E-state index is 0.170. The molecule has 1 atom stereocenters. The number of hydrogen-bond acceptors (Lipinski definition) is 7. The molecule has 0 saturated carbocycles. The van der Waals surface area contributed by atoms with Crippen molar-refractivity contribution >= 4 is 17.5 Å². The van der Waals surface area contributed by atoms with E-state index in [4.69, 9.17) is 14.2 Å². The molecule has 1 aliphatic carbocycles. The Morgan fingerprint density at radius 1 is 1.16 bits per heavy atom. The lowest BCUT2D eigenvalue weighted by molar-refractivity contribution is -0.149. The lowest BCUT2D eigenvalue weighted by Gasteiger charge is -2.37. The van der Waals surface area contributed by atoms with Crippen molar-refractivity contribution in [3.8, 4) is 11.5 Å². The maximum Gasteiger partial charge on any atom is 0.316 e. The number of aliphatic hydroxyl groups is 1. The number of benzene rings is 1. The first-order valence-electron chi connectivity index (χ1n) is 10.5. The van der Waals surface area contributed by atoms with E-state index in [-0.39, 0.29) is 23.5 Å². The van der Waals surface area contributed by atoms with Crippen LogP contribution in [0.1, 0.15) is 45.6 Å². The van der Waals surface area contributed by atoms with Crippen LogP contribution in [0.15, 0.2) is 34.5 Å². The summed E-state index contributed by atoms with van der Waals surface area (Å²) in [6.07, 6.45) is 1.94. The zero-order valence-corrected chi connectivity index (χ0v) is 19.3. The van der Waals surface area contributed by atoms with Gasteiger partial charge in [-0.3, -0.25) is 14.6 Å². The SMILES string of the molecule is CCCC(=O)C1=C(O)[C@H](C(=O)OC)C(C)(C)CC1=NCCc1ccc(OC)c(OC)c1. The van der Waals surface area contributed by atoms with E-state index in [0.29, 0.717) is 43.0 Å². The van der Waals surface area contributed by atoms with Crippen LogP contribution in [0.5, 0.6) is 11.5 Å². The van der Waals surface area contributed by atoms with E-state index in [1.165, 1.54) is 7.11 Å². The van der Waals surface area contributed by atoms with Crippen LogP contribution in [0.25, 0.3) is 0 Å². The van der Waals surface area contributed by atoms with Crippen LogP contribution in [0.2, 0.25) is 0 Å². The average molecular weight is 432 g/mol. The number of ether oxygens (including phenoxy) is 3. The molecule has 0 amide bonds. The summed E-state index contributed by atoms with van der Waals surface area (Å²) in [6.45, 7) is 6.07. The molecule has 0 heterocycles. The summed E-state index contributed by atoms with van der Waals surface area (Å²) in [7, 11) is 4.46. The van der Waals surface area contributed by atoms with Crippen LogP contribution in [0, 0.1) is 11.3 Å². The van der Waals surface area contributed by atoms with Crippen molar-refractivity contribution < 1.29 is 28.9 Å². The van der Waals surface area contributed by atoms with Gasteiger partial charge < -0.3 is 19.3 Å². The first kappa shape index (κ1) is 24.4. The molecule has 1 aromatic rings. The monoisotopic (exact) mass is 431 g/mol. The van der Waals surface area contributed by atoms with Crippen LogP contribution in [0.3, 0.4) is 0 Å². The number of aliphatic imine (C=N–C) groups is 1. The highest BCUT2D eigenvalue weighted by Gasteiger charge is 2.47. The molecular formula is C24H33NO6. The summed E-state index contributed by atoms with van der Waals surface area (Å²) in [5.41, 5.74) is 1.10. The first-order valence-corrected chi connectivity index (χ1v) is 10.5. The summed E-state index contributed by atoms with van der Waals surface area (Å²) in [6, 6.07) is 5.68. The average Bonchev–Trinajstić information content (AvgIpc) is 2.72. The Hall–Kier alpha value is -2.83. The molecular weight excluding hydrogens is 398 g/mol. The highest BCUT2D eigenvalue weighted by molar-refractivity contribution is 6.24. The molecule has 7 heteroatoms. The van der Waals surface area contributed by atoms with Crippen LogP contribution in [0.4, 0.5) is 0 Å². The predicted molar refractivity (Wildman–Crippen MR) is 119 cm³/mol. The molecule has 1 aliphatic rings. The van der Waals surface area contributed by atoms with E-state index in [2.05, 4.69) is 4.99 Å². The second-order valence-corrected chi connectivity index (χ2v) is 8.32. The summed E-state index contributed by atoms with van der Waals surface area (Å²) >= 11 is 0. The third kappa shape index (κ3) is 5.46. The van der Waals surface area contributed by atoms with Gasteiger partial charge in [-0.15, -0.1) is 0 Å². The van der Waals surface area contributed by atoms with E-state index in [0.717, 1.165) is 5.56 Å². The van der Waals surface area contributed by atoms with Crippen molar-refractivity contribution in [1.82, 2.24) is 0 Å². The number of carbonyl (C=O) groups excluding carboxylic acids is 2. The number of esters is 1. The number of ketones is 1. The van der Waals surface area contributed by atoms with E-state index in [1.807, 2.05) is 39.0 Å². The van der Waals surface area contributed by atoms with Gasteiger partial charge in [0.25, 0.3) is 0 Å². The quantitative estimate of drug-likeness (QED) is 0.592. The van der Waals surface area contributed by atoms with Gasteiger partial charge in [0.2, 0.25) is 0 Å². The molecule has 0 aliphatic heterocycles. The van der Waals surface area contributed by atoms with Gasteiger partial charge in [-0.1, -0.05) is 26.8 Å². The fraction of sp³-hybridized carbons (Fsp3) is 0.542. The van der Waals surface area contributed by atoms with E-state index < -0.39 is 17.3 Å². The fourth-order valence-corrected chi connectivity index (χ4v) is 3.98. The highest BCUT2D eigenvalue weighted by Crippen LogP contribution is 2.43. The van der Waals surface area contributed by atoms with Crippen molar-refractivity contribution in [3.05, 3.63) is 35.1 Å². The highest BCUT2D eigenvalue weighted by atomic mass is 16.5. The third-order valence-corrected chi connectivity index (χ3v) is 5.57. The predicted octanol–water partition coefficient (Wildman–Crippen LogP) is 4.09. The van der Waals surface area contributed by atoms with Gasteiger partial charge >= 0.3 is 5.97 Å². The minimum Gasteiger partial charge on any atom is -0.511 e. The van der Waals surface area contributed by atoms with Gasteiger partial charge in [-0.05, 0) is 42.4 Å². The topological polar surface area (TPSA) is 94.4 Å². The van der Waals surface area contributed by atoms with Crippen LogP contribution in [-0.2, 0) is 20.7 Å². The first-order chi connectivity index (χ1) is 14.7. The molecule has 0 saturated heterocycles. The maximum absolute atomic E-state index is 12.8. The summed E-state index contributed by atoms with van der Waals surface area (Å²) in [4.78, 5) is 29.8. The number of methoxy groups -OCH3 is 3. The molecule has 0 radical (unpaired) electrons. The number of rotatable bonds is 9. The van der Waals surface area contributed by atoms with Gasteiger partial charge in [0, 0.05) is 18.7 Å². The fourth-order valence-electron chi connectivity index (χ4n) is 3.98. The van der Waals surface area contributed by atoms with Gasteiger partial charge in [0.1, 0.15) is 11.7 Å². The van der Waals surface area contributed by atoms with Gasteiger partial charge in [-0.2, -0.15) is 0 Å². The number of carbonyl (C=O) groups is 2. The van der Waals surface area contributed by atoms with E-state index in [1.54, 1.807) is 14.2 Å². The molecule has 7 nitrogen and oxygen atoms in total. The molecule has 0 bridgehead atoms. The Kier molecular flexibility index (Phi) is 8.25. The largest absolute Gasteiger partial charge is 0.511 e. The Morgan fingerprint density at radius 2 is 1.84 bits per heavy atom. The Labute approximate surface area is 184 Å². The number of aliphatic hydroxyl groups excluding tert-OH is 1. The molecule has 1 aromatic carbocycles. The van der Waals surface area contributed by atoms with Crippen LogP contribution < -0.4 is 9.47 Å². The lowest BCUT2D eigenvalue weighted by Crippen LogP contribution is -2.42. The number of nitrogens with zero attached hydrogens (tertiary/aromatic N) is 1. The van der Waals surface area contributed by atoms with Crippen molar-refractivity contribution in [2.45, 2.75) is 46.5 Å². The van der Waals surface area contributed by atoms with Gasteiger partial charge in [-0.25, -0.2) is 0 Å². The molecule has 0 aromatic heterocycles. The zero-order valence-electron chi connectivity index (χ0n) is 19.3. The number of allylic oxidation sites excluding steroid dienone is 1. The van der Waals surface area contributed by atoms with Crippen molar-refractivity contribution in [2.75, 3.05) is 27.9 Å². The molecule has 31 heavy (non-hydrogen) atoms. The zero-order chi connectivity index (χ0) is 23.2. The second-order valence-electron chi connectivity index (χ2n) is 8.32. The van der Waals surface area contributed by atoms with E-state index in [9.17, 15) is 14.7 Å². The van der Waals surface area contributed by atoms with Crippen molar-refractivity contribution in [3.63, 3.8) is 0 Å². The molecule has 2 rings (SSSR count). The van der Waals surface area contributed by atoms with Gasteiger partial charge in [0.05, 0.1) is 26.9 Å². The van der Waals surface area contributed by atoms with Crippen molar-refractivity contribution in [2.24, 2.45) is 16.3 Å². The summed E-state index contributed by atoms with van der Waals surface area (Å²) in [5.74, 6) is -0.572. The number of hydrogen-bond donors (Lipinski definition) is 1. The lowest BCUT2D eigenvalue weighted by atomic mass is 9.67. The molecule has 0 unspecified atom stereocenters. The maximum atomic E-state index is 12.8.